The highest BCUT2D eigenvalue weighted by molar-refractivity contribution is 7.15. The number of nitrogens with one attached hydrogen (secondary N) is 2. The number of thiazole rings is 1. The minimum atomic E-state index is -0.699. The molecule has 0 aliphatic heterocycles. The molecule has 0 saturated heterocycles. The molecule has 2 aromatic carbocycles. The Morgan fingerprint density at radius 3 is 2.47 bits per heavy atom. The first-order chi connectivity index (χ1) is 15.4. The predicted octanol–water partition coefficient (Wildman–Crippen LogP) is 6.26. The number of carboxylic acid groups (broad SMARTS) is 1. The molecule has 0 bridgehead atoms. The number of hydrogen-bond donors (Lipinski definition) is 3. The topological polar surface area (TPSA) is 91.3 Å². The summed E-state index contributed by atoms with van der Waals surface area (Å²) in [6.07, 6.45) is 4.94. The van der Waals surface area contributed by atoms with Gasteiger partial charge in [0.2, 0.25) is 0 Å². The van der Waals surface area contributed by atoms with Crippen molar-refractivity contribution in [3.8, 4) is 10.4 Å². The van der Waals surface area contributed by atoms with E-state index >= 15 is 0 Å². The normalized spacial score (nSPS) is 18.2. The van der Waals surface area contributed by atoms with E-state index in [-0.39, 0.29) is 11.6 Å². The van der Waals surface area contributed by atoms with Gasteiger partial charge in [-0.1, -0.05) is 18.2 Å². The Bertz CT molecular complexity index is 1120. The highest BCUT2D eigenvalue weighted by Gasteiger charge is 2.28. The van der Waals surface area contributed by atoms with E-state index in [4.69, 9.17) is 5.11 Å². The number of carbonyl (C=O) groups excluding carboxylic acids is 1. The maximum atomic E-state index is 13.8. The second-order valence-electron chi connectivity index (χ2n) is 8.09. The van der Waals surface area contributed by atoms with Crippen LogP contribution in [0.4, 0.5) is 20.6 Å². The van der Waals surface area contributed by atoms with E-state index in [9.17, 15) is 14.0 Å². The van der Waals surface area contributed by atoms with Crippen LogP contribution in [0.1, 0.15) is 42.2 Å². The molecule has 3 aromatic rings. The Kier molecular flexibility index (Phi) is 6.50. The fourth-order valence-electron chi connectivity index (χ4n) is 3.93. The number of amides is 2. The van der Waals surface area contributed by atoms with Gasteiger partial charge in [0.25, 0.3) is 0 Å². The van der Waals surface area contributed by atoms with Crippen LogP contribution in [0.5, 0.6) is 0 Å². The van der Waals surface area contributed by atoms with Crippen LogP contribution in [0.25, 0.3) is 10.4 Å². The van der Waals surface area contributed by atoms with Crippen molar-refractivity contribution in [2.75, 3.05) is 10.6 Å². The summed E-state index contributed by atoms with van der Waals surface area (Å²) < 4.78 is 13.8. The van der Waals surface area contributed by atoms with Crippen LogP contribution < -0.4 is 10.6 Å². The predicted molar refractivity (Wildman–Crippen MR) is 124 cm³/mol. The van der Waals surface area contributed by atoms with Crippen molar-refractivity contribution in [1.29, 1.82) is 0 Å². The molecule has 6 nitrogen and oxygen atoms in total. The zero-order valence-electron chi connectivity index (χ0n) is 17.6. The Morgan fingerprint density at radius 1 is 1.06 bits per heavy atom. The maximum Gasteiger partial charge on any atom is 0.323 e. The fourth-order valence-corrected chi connectivity index (χ4v) is 5.03. The average molecular weight is 454 g/mol. The number of aliphatic carboxylic acids is 1. The minimum Gasteiger partial charge on any atom is -0.481 e. The number of nitrogens with zero attached hydrogens (tertiary/aromatic N) is 1. The van der Waals surface area contributed by atoms with E-state index in [0.717, 1.165) is 33.9 Å². The number of anilines is 2. The molecule has 0 radical (unpaired) electrons. The van der Waals surface area contributed by atoms with Gasteiger partial charge >= 0.3 is 12.0 Å². The average Bonchev–Trinajstić information content (AvgIpc) is 3.27. The zero-order valence-corrected chi connectivity index (χ0v) is 18.4. The van der Waals surface area contributed by atoms with Crippen molar-refractivity contribution in [3.63, 3.8) is 0 Å². The molecule has 4 rings (SSSR count). The van der Waals surface area contributed by atoms with E-state index in [1.54, 1.807) is 35.6 Å². The molecule has 2 amide bonds. The molecule has 8 heteroatoms. The van der Waals surface area contributed by atoms with Crippen LogP contribution in [-0.4, -0.2) is 22.1 Å². The molecule has 1 aliphatic carbocycles. The van der Waals surface area contributed by atoms with Gasteiger partial charge in [-0.2, -0.15) is 0 Å². The van der Waals surface area contributed by atoms with Crippen molar-refractivity contribution in [2.24, 2.45) is 5.92 Å². The molecule has 1 aromatic heterocycles. The van der Waals surface area contributed by atoms with E-state index < -0.39 is 17.8 Å². The molecule has 0 atom stereocenters. The largest absolute Gasteiger partial charge is 0.481 e. The third-order valence-electron chi connectivity index (χ3n) is 5.75. The number of urea groups is 1. The molecule has 32 heavy (non-hydrogen) atoms. The molecule has 0 unspecified atom stereocenters. The summed E-state index contributed by atoms with van der Waals surface area (Å²) in [7, 11) is 0. The quantitative estimate of drug-likeness (QED) is 0.425. The van der Waals surface area contributed by atoms with E-state index in [1.807, 2.05) is 25.3 Å². The highest BCUT2D eigenvalue weighted by atomic mass is 32.1. The smallest absolute Gasteiger partial charge is 0.323 e. The summed E-state index contributed by atoms with van der Waals surface area (Å²) in [5, 5.41) is 15.4. The van der Waals surface area contributed by atoms with Crippen molar-refractivity contribution in [3.05, 3.63) is 65.0 Å². The van der Waals surface area contributed by atoms with Crippen LogP contribution in [0.3, 0.4) is 0 Å². The van der Waals surface area contributed by atoms with Gasteiger partial charge in [-0.25, -0.2) is 14.2 Å². The molecular formula is C24H24FN3O3S. The fraction of sp³-hybridized carbons (Fsp3) is 0.292. The van der Waals surface area contributed by atoms with Gasteiger partial charge in [0, 0.05) is 17.8 Å². The Hall–Kier alpha value is -3.26. The third-order valence-corrected chi connectivity index (χ3v) is 6.96. The maximum absolute atomic E-state index is 13.8. The van der Waals surface area contributed by atoms with Crippen LogP contribution in [0.2, 0.25) is 0 Å². The van der Waals surface area contributed by atoms with Gasteiger partial charge in [0.1, 0.15) is 5.82 Å². The first kappa shape index (κ1) is 22.0. The first-order valence-electron chi connectivity index (χ1n) is 10.5. The number of hydrogen-bond acceptors (Lipinski definition) is 4. The molecular weight excluding hydrogens is 429 g/mol. The van der Waals surface area contributed by atoms with Gasteiger partial charge in [-0.05, 0) is 68.0 Å². The third kappa shape index (κ3) is 5.13. The molecule has 166 valence electrons. The van der Waals surface area contributed by atoms with Crippen molar-refractivity contribution in [2.45, 2.75) is 38.5 Å². The number of rotatable bonds is 5. The van der Waals surface area contributed by atoms with Gasteiger partial charge < -0.3 is 15.7 Å². The van der Waals surface area contributed by atoms with E-state index in [0.29, 0.717) is 24.4 Å². The zero-order chi connectivity index (χ0) is 22.7. The summed E-state index contributed by atoms with van der Waals surface area (Å²) in [6, 6.07) is 11.4. The number of carboxylic acids is 1. The highest BCUT2D eigenvalue weighted by Crippen LogP contribution is 2.39. The van der Waals surface area contributed by atoms with E-state index in [1.165, 1.54) is 6.07 Å². The van der Waals surface area contributed by atoms with Crippen molar-refractivity contribution < 1.29 is 19.1 Å². The Labute approximate surface area is 189 Å². The molecule has 1 aliphatic rings. The monoisotopic (exact) mass is 453 g/mol. The van der Waals surface area contributed by atoms with Crippen molar-refractivity contribution >= 4 is 34.7 Å². The number of aromatic nitrogens is 1. The van der Waals surface area contributed by atoms with Gasteiger partial charge in [-0.15, -0.1) is 11.3 Å². The number of halogens is 1. The second kappa shape index (κ2) is 9.48. The molecule has 3 N–H and O–H groups in total. The molecule has 1 heterocycles. The summed E-state index contributed by atoms with van der Waals surface area (Å²) in [5.74, 6) is -1.10. The van der Waals surface area contributed by atoms with E-state index in [2.05, 4.69) is 15.6 Å². The van der Waals surface area contributed by atoms with Gasteiger partial charge in [0.15, 0.2) is 0 Å². The van der Waals surface area contributed by atoms with Crippen LogP contribution in [-0.2, 0) is 4.79 Å². The first-order valence-corrected chi connectivity index (χ1v) is 11.3. The van der Waals surface area contributed by atoms with Crippen LogP contribution in [0.15, 0.2) is 48.7 Å². The number of carbonyl (C=O) groups is 2. The summed E-state index contributed by atoms with van der Waals surface area (Å²) in [5.41, 5.74) is 2.57. The van der Waals surface area contributed by atoms with Gasteiger partial charge in [-0.3, -0.25) is 4.79 Å². The Morgan fingerprint density at radius 2 is 1.78 bits per heavy atom. The molecule has 1 saturated carbocycles. The summed E-state index contributed by atoms with van der Waals surface area (Å²) in [6.45, 7) is 1.83. The number of aryl methyl sites for hydroxylation is 1. The SMILES string of the molecule is Cc1ccc(F)c(NC(=O)Nc2ccc(-c3cnc(C4CCC(C(=O)O)CC4)s3)cc2)c1. The summed E-state index contributed by atoms with van der Waals surface area (Å²) in [4.78, 5) is 29.0. The lowest BCUT2D eigenvalue weighted by Crippen LogP contribution is -2.20. The lowest BCUT2D eigenvalue weighted by atomic mass is 9.82. The lowest BCUT2D eigenvalue weighted by Gasteiger charge is -2.24. The second-order valence-corrected chi connectivity index (χ2v) is 9.15. The molecule has 1 fully saturated rings. The summed E-state index contributed by atoms with van der Waals surface area (Å²) >= 11 is 1.63. The molecule has 0 spiro atoms. The standard InChI is InChI=1S/C24H24FN3O3S/c1-14-2-11-19(25)20(12-14)28-24(31)27-18-9-7-15(8-10-18)21-13-26-22(32-21)16-3-5-17(6-4-16)23(29)30/h2,7-13,16-17H,3-6H2,1H3,(H,29,30)(H2,27,28,31). The van der Waals surface area contributed by atoms with Crippen LogP contribution >= 0.6 is 11.3 Å². The minimum absolute atomic E-state index is 0.133. The van der Waals surface area contributed by atoms with Crippen molar-refractivity contribution in [1.82, 2.24) is 4.98 Å². The van der Waals surface area contributed by atoms with Gasteiger partial charge in [0.05, 0.1) is 21.5 Å². The number of benzene rings is 2. The van der Waals surface area contributed by atoms with Crippen LogP contribution in [0, 0.1) is 18.7 Å². The lowest BCUT2D eigenvalue weighted by molar-refractivity contribution is -0.142. The Balaban J connectivity index is 1.36.